The third kappa shape index (κ3) is 2.42. The molecular formula is C11H14N4. The molecule has 78 valence electrons. The Morgan fingerprint density at radius 3 is 2.73 bits per heavy atom. The summed E-state index contributed by atoms with van der Waals surface area (Å²) in [5.41, 5.74) is 10.1. The molecule has 0 spiro atoms. The number of azide groups is 1. The van der Waals surface area contributed by atoms with Crippen LogP contribution in [0.2, 0.25) is 0 Å². The van der Waals surface area contributed by atoms with E-state index in [1.165, 1.54) is 25.7 Å². The van der Waals surface area contributed by atoms with Gasteiger partial charge in [0.1, 0.15) is 0 Å². The van der Waals surface area contributed by atoms with E-state index in [9.17, 15) is 0 Å². The first-order valence-electron chi connectivity index (χ1n) is 5.31. The van der Waals surface area contributed by atoms with Gasteiger partial charge in [-0.25, -0.2) is 0 Å². The molecule has 1 fully saturated rings. The average molecular weight is 202 g/mol. The summed E-state index contributed by atoms with van der Waals surface area (Å²) < 4.78 is 0. The largest absolute Gasteiger partial charge is 0.382 e. The summed E-state index contributed by atoms with van der Waals surface area (Å²) in [6.07, 6.45) is 5.01. The molecule has 1 aliphatic carbocycles. The lowest BCUT2D eigenvalue weighted by molar-refractivity contribution is 0.755. The van der Waals surface area contributed by atoms with Gasteiger partial charge in [0, 0.05) is 16.6 Å². The molecule has 15 heavy (non-hydrogen) atoms. The van der Waals surface area contributed by atoms with Gasteiger partial charge in [-0.15, -0.1) is 0 Å². The van der Waals surface area contributed by atoms with Gasteiger partial charge >= 0.3 is 0 Å². The summed E-state index contributed by atoms with van der Waals surface area (Å²) in [6.45, 7) is 0. The number of anilines is 1. The highest BCUT2D eigenvalue weighted by Gasteiger charge is 2.15. The van der Waals surface area contributed by atoms with E-state index in [4.69, 9.17) is 5.53 Å². The van der Waals surface area contributed by atoms with E-state index in [-0.39, 0.29) is 0 Å². The standard InChI is InChI=1S/C11H14N4/c12-15-14-11-8-4-3-7-10(11)13-9-5-1-2-6-9/h3-4,7-9,13H,1-2,5-6H2. The highest BCUT2D eigenvalue weighted by Crippen LogP contribution is 2.28. The van der Waals surface area contributed by atoms with Crippen molar-refractivity contribution in [2.24, 2.45) is 5.11 Å². The second-order valence-electron chi connectivity index (χ2n) is 3.83. The molecule has 4 heteroatoms. The predicted molar refractivity (Wildman–Crippen MR) is 61.1 cm³/mol. The smallest absolute Gasteiger partial charge is 0.0607 e. The second-order valence-corrected chi connectivity index (χ2v) is 3.83. The molecule has 1 N–H and O–H groups in total. The molecule has 0 heterocycles. The molecule has 4 nitrogen and oxygen atoms in total. The Hall–Kier alpha value is -1.67. The molecule has 0 radical (unpaired) electrons. The van der Waals surface area contributed by atoms with Gasteiger partial charge in [0.15, 0.2) is 0 Å². The summed E-state index contributed by atoms with van der Waals surface area (Å²) >= 11 is 0. The molecule has 2 rings (SSSR count). The van der Waals surface area contributed by atoms with Gasteiger partial charge in [0.25, 0.3) is 0 Å². The van der Waals surface area contributed by atoms with Crippen molar-refractivity contribution in [1.29, 1.82) is 0 Å². The Kier molecular flexibility index (Phi) is 3.10. The van der Waals surface area contributed by atoms with Crippen LogP contribution in [0, 0.1) is 0 Å². The van der Waals surface area contributed by atoms with Gasteiger partial charge in [-0.1, -0.05) is 36.2 Å². The molecule has 1 saturated carbocycles. The number of para-hydroxylation sites is 1. The summed E-state index contributed by atoms with van der Waals surface area (Å²) in [5, 5.41) is 7.10. The van der Waals surface area contributed by atoms with E-state index in [2.05, 4.69) is 15.3 Å². The number of rotatable bonds is 3. The van der Waals surface area contributed by atoms with Gasteiger partial charge in [-0.05, 0) is 24.4 Å². The maximum atomic E-state index is 8.44. The molecule has 0 atom stereocenters. The maximum Gasteiger partial charge on any atom is 0.0607 e. The fraction of sp³-hybridized carbons (Fsp3) is 0.455. The average Bonchev–Trinajstić information content (AvgIpc) is 2.74. The van der Waals surface area contributed by atoms with Crippen molar-refractivity contribution < 1.29 is 0 Å². The van der Waals surface area contributed by atoms with Crippen LogP contribution in [0.4, 0.5) is 11.4 Å². The van der Waals surface area contributed by atoms with Crippen LogP contribution < -0.4 is 5.32 Å². The van der Waals surface area contributed by atoms with E-state index < -0.39 is 0 Å². The van der Waals surface area contributed by atoms with Crippen molar-refractivity contribution >= 4 is 11.4 Å². The van der Waals surface area contributed by atoms with Gasteiger partial charge in [0.2, 0.25) is 0 Å². The zero-order valence-corrected chi connectivity index (χ0v) is 8.56. The molecular weight excluding hydrogens is 188 g/mol. The number of nitrogens with zero attached hydrogens (tertiary/aromatic N) is 3. The molecule has 1 aromatic rings. The zero-order chi connectivity index (χ0) is 10.5. The van der Waals surface area contributed by atoms with E-state index >= 15 is 0 Å². The van der Waals surface area contributed by atoms with Crippen LogP contribution in [0.25, 0.3) is 10.4 Å². The number of benzene rings is 1. The Morgan fingerprint density at radius 2 is 2.00 bits per heavy atom. The molecule has 0 bridgehead atoms. The Labute approximate surface area is 88.9 Å². The predicted octanol–water partition coefficient (Wildman–Crippen LogP) is 3.98. The third-order valence-corrected chi connectivity index (χ3v) is 2.77. The monoisotopic (exact) mass is 202 g/mol. The topological polar surface area (TPSA) is 60.8 Å². The molecule has 0 saturated heterocycles. The summed E-state index contributed by atoms with van der Waals surface area (Å²) in [7, 11) is 0. The summed E-state index contributed by atoms with van der Waals surface area (Å²) in [5.74, 6) is 0. The zero-order valence-electron chi connectivity index (χ0n) is 8.56. The van der Waals surface area contributed by atoms with Crippen molar-refractivity contribution in [2.45, 2.75) is 31.7 Å². The van der Waals surface area contributed by atoms with Crippen LogP contribution in [0.1, 0.15) is 25.7 Å². The van der Waals surface area contributed by atoms with E-state index in [1.807, 2.05) is 24.3 Å². The molecule has 0 unspecified atom stereocenters. The van der Waals surface area contributed by atoms with Crippen molar-refractivity contribution in [3.63, 3.8) is 0 Å². The van der Waals surface area contributed by atoms with E-state index in [0.29, 0.717) is 11.7 Å². The van der Waals surface area contributed by atoms with Crippen LogP contribution in [-0.2, 0) is 0 Å². The maximum absolute atomic E-state index is 8.44. The van der Waals surface area contributed by atoms with E-state index in [1.54, 1.807) is 0 Å². The lowest BCUT2D eigenvalue weighted by Crippen LogP contribution is -2.14. The van der Waals surface area contributed by atoms with Crippen LogP contribution in [0.5, 0.6) is 0 Å². The van der Waals surface area contributed by atoms with Crippen LogP contribution in [0.15, 0.2) is 29.4 Å². The fourth-order valence-corrected chi connectivity index (χ4v) is 2.02. The third-order valence-electron chi connectivity index (χ3n) is 2.77. The number of hydrogen-bond donors (Lipinski definition) is 1. The highest BCUT2D eigenvalue weighted by molar-refractivity contribution is 5.65. The van der Waals surface area contributed by atoms with Gasteiger partial charge in [0.05, 0.1) is 5.69 Å². The minimum atomic E-state index is 0.542. The number of hydrogen-bond acceptors (Lipinski definition) is 2. The minimum absolute atomic E-state index is 0.542. The first kappa shape index (κ1) is 9.87. The Bertz CT molecular complexity index is 376. The lowest BCUT2D eigenvalue weighted by Gasteiger charge is -2.14. The quantitative estimate of drug-likeness (QED) is 0.449. The van der Waals surface area contributed by atoms with Crippen molar-refractivity contribution in [3.05, 3.63) is 34.7 Å². The second kappa shape index (κ2) is 4.71. The van der Waals surface area contributed by atoms with Crippen molar-refractivity contribution in [3.8, 4) is 0 Å². The Morgan fingerprint density at radius 1 is 1.27 bits per heavy atom. The molecule has 1 aromatic carbocycles. The van der Waals surface area contributed by atoms with Crippen LogP contribution in [0.3, 0.4) is 0 Å². The van der Waals surface area contributed by atoms with Crippen molar-refractivity contribution in [1.82, 2.24) is 0 Å². The molecule has 1 aliphatic rings. The number of nitrogens with one attached hydrogen (secondary N) is 1. The first-order chi connectivity index (χ1) is 7.40. The molecule has 0 aliphatic heterocycles. The fourth-order valence-electron chi connectivity index (χ4n) is 2.02. The van der Waals surface area contributed by atoms with Crippen LogP contribution in [-0.4, -0.2) is 6.04 Å². The van der Waals surface area contributed by atoms with Gasteiger partial charge in [-0.3, -0.25) is 0 Å². The van der Waals surface area contributed by atoms with Crippen LogP contribution >= 0.6 is 0 Å². The SMILES string of the molecule is [N-]=[N+]=Nc1ccccc1NC1CCCC1. The van der Waals surface area contributed by atoms with Gasteiger partial charge in [-0.2, -0.15) is 0 Å². The van der Waals surface area contributed by atoms with E-state index in [0.717, 1.165) is 5.69 Å². The molecule has 0 aromatic heterocycles. The first-order valence-corrected chi connectivity index (χ1v) is 5.31. The summed E-state index contributed by atoms with van der Waals surface area (Å²) in [4.78, 5) is 2.83. The van der Waals surface area contributed by atoms with Crippen molar-refractivity contribution in [2.75, 3.05) is 5.32 Å². The highest BCUT2D eigenvalue weighted by atomic mass is 15.1. The minimum Gasteiger partial charge on any atom is -0.382 e. The van der Waals surface area contributed by atoms with Gasteiger partial charge < -0.3 is 5.32 Å². The lowest BCUT2D eigenvalue weighted by atomic mass is 10.2. The normalized spacial score (nSPS) is 16.0. The Balaban J connectivity index is 2.15. The summed E-state index contributed by atoms with van der Waals surface area (Å²) in [6, 6.07) is 8.16. The molecule has 0 amide bonds.